The van der Waals surface area contributed by atoms with Gasteiger partial charge in [-0.25, -0.2) is 15.0 Å². The Bertz CT molecular complexity index is 1450. The molecule has 5 rings (SSSR count). The average Bonchev–Trinajstić information content (AvgIpc) is 2.97. The van der Waals surface area contributed by atoms with E-state index in [1.807, 2.05) is 30.3 Å². The second kappa shape index (κ2) is 11.9. The number of hydrogen-bond acceptors (Lipinski definition) is 9. The van der Waals surface area contributed by atoms with Crippen LogP contribution in [0.1, 0.15) is 24.3 Å². The molecule has 0 radical (unpaired) electrons. The minimum Gasteiger partial charge on any atom is -0.495 e. The molecule has 4 N–H and O–H groups in total. The standard InChI is InChI=1S/C28H28Cl2N6O3/c1-37-22-14-23(38-2)26(30)27(25(22)29)36-28-18(4-3-9-32-28)21-13-24(34-15-33-21)35-20-6-5-17(12-19(20)31)16-7-10-39-11-8-16/h3-6,9,12-16H,7-8,10-11,31H2,1-2H3,(H,32,36)(H,33,34,35). The van der Waals surface area contributed by atoms with Crippen LogP contribution in [0.5, 0.6) is 11.5 Å². The Kier molecular flexibility index (Phi) is 8.21. The number of anilines is 5. The van der Waals surface area contributed by atoms with Gasteiger partial charge in [-0.3, -0.25) is 0 Å². The molecule has 0 saturated carbocycles. The zero-order chi connectivity index (χ0) is 27.4. The zero-order valence-corrected chi connectivity index (χ0v) is 23.0. The summed E-state index contributed by atoms with van der Waals surface area (Å²) in [4.78, 5) is 13.4. The minimum atomic E-state index is 0.296. The fraction of sp³-hybridized carbons (Fsp3) is 0.250. The Morgan fingerprint density at radius 2 is 1.67 bits per heavy atom. The van der Waals surface area contributed by atoms with Crippen molar-refractivity contribution in [2.45, 2.75) is 18.8 Å². The predicted octanol–water partition coefficient (Wildman–Crippen LogP) is 6.83. The van der Waals surface area contributed by atoms with Gasteiger partial charge in [-0.15, -0.1) is 0 Å². The molecule has 0 atom stereocenters. The molecule has 0 spiro atoms. The molecule has 11 heteroatoms. The Hall–Kier alpha value is -3.79. The largest absolute Gasteiger partial charge is 0.495 e. The average molecular weight is 567 g/mol. The van der Waals surface area contributed by atoms with Crippen LogP contribution in [0.3, 0.4) is 0 Å². The number of nitrogens with two attached hydrogens (primary N) is 1. The maximum absolute atomic E-state index is 6.57. The first-order valence-electron chi connectivity index (χ1n) is 12.4. The molecule has 1 aliphatic heterocycles. The number of methoxy groups -OCH3 is 2. The number of ether oxygens (including phenoxy) is 3. The van der Waals surface area contributed by atoms with Gasteiger partial charge < -0.3 is 30.6 Å². The summed E-state index contributed by atoms with van der Waals surface area (Å²) in [6.45, 7) is 1.56. The van der Waals surface area contributed by atoms with Gasteiger partial charge in [-0.2, -0.15) is 0 Å². The number of halogens is 2. The third-order valence-electron chi connectivity index (χ3n) is 6.60. The molecule has 4 aromatic rings. The van der Waals surface area contributed by atoms with Crippen LogP contribution < -0.4 is 25.8 Å². The third kappa shape index (κ3) is 5.80. The van der Waals surface area contributed by atoms with E-state index in [0.717, 1.165) is 31.7 Å². The van der Waals surface area contributed by atoms with Crippen LogP contribution in [-0.2, 0) is 4.74 Å². The van der Waals surface area contributed by atoms with Crippen molar-refractivity contribution in [2.24, 2.45) is 0 Å². The van der Waals surface area contributed by atoms with Crippen molar-refractivity contribution in [2.75, 3.05) is 43.8 Å². The van der Waals surface area contributed by atoms with E-state index in [2.05, 4.69) is 31.7 Å². The summed E-state index contributed by atoms with van der Waals surface area (Å²) in [6, 6.07) is 13.3. The van der Waals surface area contributed by atoms with Crippen molar-refractivity contribution in [3.05, 3.63) is 70.6 Å². The van der Waals surface area contributed by atoms with Crippen LogP contribution in [0, 0.1) is 0 Å². The topological polar surface area (TPSA) is 116 Å². The molecule has 0 aliphatic carbocycles. The van der Waals surface area contributed by atoms with Gasteiger partial charge in [0, 0.05) is 37.1 Å². The summed E-state index contributed by atoms with van der Waals surface area (Å²) in [5, 5.41) is 7.13. The van der Waals surface area contributed by atoms with Crippen LogP contribution in [0.15, 0.2) is 55.0 Å². The number of nitrogens with one attached hydrogen (secondary N) is 2. The molecule has 0 bridgehead atoms. The molecule has 202 valence electrons. The van der Waals surface area contributed by atoms with Crippen molar-refractivity contribution >= 4 is 51.9 Å². The molecule has 39 heavy (non-hydrogen) atoms. The molecule has 1 aliphatic rings. The summed E-state index contributed by atoms with van der Waals surface area (Å²) in [5.41, 5.74) is 10.8. The van der Waals surface area contributed by atoms with Gasteiger partial charge in [0.2, 0.25) is 0 Å². The Labute approximate surface area is 236 Å². The normalized spacial score (nSPS) is 13.6. The highest BCUT2D eigenvalue weighted by atomic mass is 35.5. The second-order valence-electron chi connectivity index (χ2n) is 8.96. The lowest BCUT2D eigenvalue weighted by molar-refractivity contribution is 0.0853. The van der Waals surface area contributed by atoms with E-state index >= 15 is 0 Å². The van der Waals surface area contributed by atoms with Gasteiger partial charge in [0.05, 0.1) is 37.0 Å². The SMILES string of the molecule is COc1cc(OC)c(Cl)c(Nc2ncccc2-c2cc(Nc3ccc(C4CCOCC4)cc3N)ncn2)c1Cl. The summed E-state index contributed by atoms with van der Waals surface area (Å²) in [6.07, 6.45) is 5.14. The molecular weight excluding hydrogens is 539 g/mol. The van der Waals surface area contributed by atoms with E-state index in [9.17, 15) is 0 Å². The highest BCUT2D eigenvalue weighted by Crippen LogP contribution is 2.46. The first-order valence-corrected chi connectivity index (χ1v) is 13.1. The Morgan fingerprint density at radius 1 is 0.923 bits per heavy atom. The zero-order valence-electron chi connectivity index (χ0n) is 21.5. The summed E-state index contributed by atoms with van der Waals surface area (Å²) >= 11 is 13.1. The van der Waals surface area contributed by atoms with Gasteiger partial charge in [0.1, 0.15) is 39.5 Å². The first-order chi connectivity index (χ1) is 19.0. The summed E-state index contributed by atoms with van der Waals surface area (Å²) in [5.74, 6) is 2.35. The van der Waals surface area contributed by atoms with E-state index in [-0.39, 0.29) is 0 Å². The maximum atomic E-state index is 6.57. The van der Waals surface area contributed by atoms with Gasteiger partial charge in [-0.1, -0.05) is 29.3 Å². The Balaban J connectivity index is 1.42. The van der Waals surface area contributed by atoms with Gasteiger partial charge in [0.15, 0.2) is 0 Å². The number of aromatic nitrogens is 3. The van der Waals surface area contributed by atoms with E-state index in [1.54, 1.807) is 12.3 Å². The smallest absolute Gasteiger partial charge is 0.143 e. The van der Waals surface area contributed by atoms with Crippen LogP contribution in [0.25, 0.3) is 11.3 Å². The van der Waals surface area contributed by atoms with Crippen molar-refractivity contribution in [3.8, 4) is 22.8 Å². The molecule has 1 fully saturated rings. The number of benzene rings is 2. The molecule has 9 nitrogen and oxygen atoms in total. The first kappa shape index (κ1) is 26.8. The minimum absolute atomic E-state index is 0.296. The fourth-order valence-corrected chi connectivity index (χ4v) is 5.11. The number of pyridine rings is 1. The third-order valence-corrected chi connectivity index (χ3v) is 7.35. The van der Waals surface area contributed by atoms with Crippen molar-refractivity contribution < 1.29 is 14.2 Å². The summed E-state index contributed by atoms with van der Waals surface area (Å²) < 4.78 is 16.3. The van der Waals surface area contributed by atoms with Crippen LogP contribution in [0.4, 0.5) is 28.7 Å². The molecule has 0 amide bonds. The lowest BCUT2D eigenvalue weighted by Crippen LogP contribution is -2.14. The lowest BCUT2D eigenvalue weighted by atomic mass is 9.91. The summed E-state index contributed by atoms with van der Waals surface area (Å²) in [7, 11) is 3.04. The molecule has 0 unspecified atom stereocenters. The van der Waals surface area contributed by atoms with Crippen LogP contribution in [-0.4, -0.2) is 42.4 Å². The molecular formula is C28H28Cl2N6O3. The second-order valence-corrected chi connectivity index (χ2v) is 9.71. The van der Waals surface area contributed by atoms with Crippen molar-refractivity contribution in [3.63, 3.8) is 0 Å². The molecule has 1 saturated heterocycles. The monoisotopic (exact) mass is 566 g/mol. The lowest BCUT2D eigenvalue weighted by Gasteiger charge is -2.23. The number of nitrogens with zero attached hydrogens (tertiary/aromatic N) is 3. The van der Waals surface area contributed by atoms with Gasteiger partial charge in [0.25, 0.3) is 0 Å². The molecule has 3 heterocycles. The van der Waals surface area contributed by atoms with Crippen molar-refractivity contribution in [1.29, 1.82) is 0 Å². The highest BCUT2D eigenvalue weighted by molar-refractivity contribution is 6.41. The van der Waals surface area contributed by atoms with Crippen LogP contribution >= 0.6 is 23.2 Å². The quantitative estimate of drug-likeness (QED) is 0.197. The fourth-order valence-electron chi connectivity index (χ4n) is 4.52. The van der Waals surface area contributed by atoms with E-state index in [0.29, 0.717) is 61.7 Å². The highest BCUT2D eigenvalue weighted by Gasteiger charge is 2.20. The molecule has 2 aromatic carbocycles. The van der Waals surface area contributed by atoms with Crippen LogP contribution in [0.2, 0.25) is 10.0 Å². The predicted molar refractivity (Wildman–Crippen MR) is 155 cm³/mol. The molecule has 2 aromatic heterocycles. The number of nitrogen functional groups attached to an aromatic ring is 1. The van der Waals surface area contributed by atoms with E-state index < -0.39 is 0 Å². The number of hydrogen-bond donors (Lipinski definition) is 3. The Morgan fingerprint density at radius 3 is 2.36 bits per heavy atom. The van der Waals surface area contributed by atoms with Gasteiger partial charge in [-0.05, 0) is 48.6 Å². The number of rotatable bonds is 8. The van der Waals surface area contributed by atoms with Gasteiger partial charge >= 0.3 is 0 Å². The maximum Gasteiger partial charge on any atom is 0.143 e. The van der Waals surface area contributed by atoms with Crippen molar-refractivity contribution in [1.82, 2.24) is 15.0 Å². The van der Waals surface area contributed by atoms with E-state index in [1.165, 1.54) is 26.1 Å². The van der Waals surface area contributed by atoms with E-state index in [4.69, 9.17) is 43.1 Å².